The van der Waals surface area contributed by atoms with E-state index in [0.717, 1.165) is 16.9 Å². The maximum atomic E-state index is 13.3. The Morgan fingerprint density at radius 2 is 1.62 bits per heavy atom. The fourth-order valence-electron chi connectivity index (χ4n) is 3.19. The third-order valence-corrected chi connectivity index (χ3v) is 7.02. The Labute approximate surface area is 193 Å². The van der Waals surface area contributed by atoms with Gasteiger partial charge in [0.05, 0.1) is 24.6 Å². The van der Waals surface area contributed by atoms with Crippen molar-refractivity contribution in [2.75, 3.05) is 13.7 Å². The number of halogens is 1. The number of carbonyl (C=O) groups is 1. The van der Waals surface area contributed by atoms with Crippen molar-refractivity contribution in [1.82, 2.24) is 9.62 Å². The number of sulfonamides is 1. The quantitative estimate of drug-likeness (QED) is 0.500. The van der Waals surface area contributed by atoms with Gasteiger partial charge in [0.1, 0.15) is 5.75 Å². The summed E-state index contributed by atoms with van der Waals surface area (Å²) in [7, 11) is -2.34. The van der Waals surface area contributed by atoms with Gasteiger partial charge in [-0.15, -0.1) is 0 Å². The number of rotatable bonds is 9. The summed E-state index contributed by atoms with van der Waals surface area (Å²) < 4.78 is 32.9. The lowest BCUT2D eigenvalue weighted by molar-refractivity contribution is -0.122. The molecule has 168 valence electrons. The number of hydrogen-bond acceptors (Lipinski definition) is 4. The molecule has 1 atom stereocenters. The molecule has 6 nitrogen and oxygen atoms in total. The average molecular weight is 473 g/mol. The first-order valence-electron chi connectivity index (χ1n) is 10.0. The van der Waals surface area contributed by atoms with Crippen LogP contribution in [0, 0.1) is 0 Å². The Bertz CT molecular complexity index is 1130. The van der Waals surface area contributed by atoms with Crippen molar-refractivity contribution >= 4 is 27.5 Å². The summed E-state index contributed by atoms with van der Waals surface area (Å²) >= 11 is 5.91. The first-order valence-corrected chi connectivity index (χ1v) is 11.8. The summed E-state index contributed by atoms with van der Waals surface area (Å²) in [5, 5.41) is 3.31. The molecule has 1 N–H and O–H groups in total. The lowest BCUT2D eigenvalue weighted by atomic mass is 10.1. The maximum Gasteiger partial charge on any atom is 0.243 e. The van der Waals surface area contributed by atoms with Crippen LogP contribution in [0.5, 0.6) is 5.75 Å². The molecule has 0 heterocycles. The van der Waals surface area contributed by atoms with Crippen molar-refractivity contribution in [3.63, 3.8) is 0 Å². The van der Waals surface area contributed by atoms with Crippen LogP contribution in [0.1, 0.15) is 24.1 Å². The van der Waals surface area contributed by atoms with E-state index in [1.54, 1.807) is 7.11 Å². The summed E-state index contributed by atoms with van der Waals surface area (Å²) in [6.07, 6.45) is 0. The SMILES string of the molecule is COc1ccc(C(C)NC(=O)CN(Cc2ccccc2)S(=O)(=O)c2ccc(Cl)cc2)cc1. The second-order valence-corrected chi connectivity index (χ2v) is 9.65. The average Bonchev–Trinajstić information content (AvgIpc) is 2.79. The summed E-state index contributed by atoms with van der Waals surface area (Å²) in [5.74, 6) is 0.317. The van der Waals surface area contributed by atoms with Crippen molar-refractivity contribution in [2.45, 2.75) is 24.4 Å². The van der Waals surface area contributed by atoms with Crippen LogP contribution in [0.2, 0.25) is 5.02 Å². The molecule has 0 aliphatic heterocycles. The van der Waals surface area contributed by atoms with E-state index in [2.05, 4.69) is 5.32 Å². The van der Waals surface area contributed by atoms with E-state index in [0.29, 0.717) is 5.02 Å². The van der Waals surface area contributed by atoms with Gasteiger partial charge in [0, 0.05) is 11.6 Å². The van der Waals surface area contributed by atoms with Gasteiger partial charge in [-0.1, -0.05) is 54.1 Å². The summed E-state index contributed by atoms with van der Waals surface area (Å²) in [5.41, 5.74) is 1.66. The standard InChI is InChI=1S/C24H25ClN2O4S/c1-18(20-8-12-22(31-2)13-9-20)26-24(28)17-27(16-19-6-4-3-5-7-19)32(29,30)23-14-10-21(25)11-15-23/h3-15,18H,16-17H2,1-2H3,(H,26,28). The minimum Gasteiger partial charge on any atom is -0.497 e. The highest BCUT2D eigenvalue weighted by atomic mass is 35.5. The number of methoxy groups -OCH3 is 1. The van der Waals surface area contributed by atoms with E-state index in [1.807, 2.05) is 61.5 Å². The molecule has 1 unspecified atom stereocenters. The molecule has 1 amide bonds. The topological polar surface area (TPSA) is 75.7 Å². The van der Waals surface area contributed by atoms with Gasteiger partial charge in [-0.25, -0.2) is 8.42 Å². The molecule has 0 saturated heterocycles. The third-order valence-electron chi connectivity index (χ3n) is 4.97. The van der Waals surface area contributed by atoms with E-state index >= 15 is 0 Å². The summed E-state index contributed by atoms with van der Waals surface area (Å²) in [6.45, 7) is 1.59. The molecular formula is C24H25ClN2O4S. The molecule has 0 aliphatic carbocycles. The summed E-state index contributed by atoms with van der Waals surface area (Å²) in [6, 6.07) is 22.1. The Kier molecular flexibility index (Phi) is 7.90. The molecule has 0 fully saturated rings. The monoisotopic (exact) mass is 472 g/mol. The van der Waals surface area contributed by atoms with Crippen molar-refractivity contribution in [1.29, 1.82) is 0 Å². The van der Waals surface area contributed by atoms with E-state index < -0.39 is 15.9 Å². The van der Waals surface area contributed by atoms with Crippen LogP contribution in [-0.4, -0.2) is 32.3 Å². The van der Waals surface area contributed by atoms with Crippen molar-refractivity contribution in [3.05, 3.63) is 95.0 Å². The van der Waals surface area contributed by atoms with Crippen LogP contribution in [0.15, 0.2) is 83.8 Å². The molecule has 0 aliphatic rings. The van der Waals surface area contributed by atoms with Gasteiger partial charge in [0.25, 0.3) is 0 Å². The van der Waals surface area contributed by atoms with Crippen LogP contribution in [-0.2, 0) is 21.4 Å². The van der Waals surface area contributed by atoms with Crippen LogP contribution in [0.25, 0.3) is 0 Å². The predicted octanol–water partition coefficient (Wildman–Crippen LogP) is 4.42. The van der Waals surface area contributed by atoms with E-state index in [4.69, 9.17) is 16.3 Å². The molecule has 8 heteroatoms. The summed E-state index contributed by atoms with van der Waals surface area (Å²) in [4.78, 5) is 12.9. The zero-order chi connectivity index (χ0) is 23.1. The van der Waals surface area contributed by atoms with Crippen LogP contribution >= 0.6 is 11.6 Å². The molecule has 3 rings (SSSR count). The van der Waals surface area contributed by atoms with Crippen molar-refractivity contribution in [2.24, 2.45) is 0 Å². The van der Waals surface area contributed by atoms with Gasteiger partial charge in [-0.2, -0.15) is 4.31 Å². The van der Waals surface area contributed by atoms with Crippen molar-refractivity contribution < 1.29 is 17.9 Å². The highest BCUT2D eigenvalue weighted by Crippen LogP contribution is 2.21. The van der Waals surface area contributed by atoms with Crippen LogP contribution in [0.3, 0.4) is 0 Å². The number of nitrogens with zero attached hydrogens (tertiary/aromatic N) is 1. The third kappa shape index (κ3) is 6.09. The molecule has 3 aromatic rings. The zero-order valence-electron chi connectivity index (χ0n) is 17.9. The van der Waals surface area contributed by atoms with Crippen LogP contribution < -0.4 is 10.1 Å². The van der Waals surface area contributed by atoms with E-state index in [-0.39, 0.29) is 24.0 Å². The Balaban J connectivity index is 1.79. The lowest BCUT2D eigenvalue weighted by Gasteiger charge is -2.23. The number of nitrogens with one attached hydrogen (secondary N) is 1. The van der Waals surface area contributed by atoms with Gasteiger partial charge in [0.15, 0.2) is 0 Å². The van der Waals surface area contributed by atoms with Gasteiger partial charge in [0.2, 0.25) is 15.9 Å². The Hall–Kier alpha value is -2.87. The van der Waals surface area contributed by atoms with Gasteiger partial charge < -0.3 is 10.1 Å². The number of benzene rings is 3. The van der Waals surface area contributed by atoms with Gasteiger partial charge in [-0.05, 0) is 54.4 Å². The van der Waals surface area contributed by atoms with E-state index in [9.17, 15) is 13.2 Å². The highest BCUT2D eigenvalue weighted by Gasteiger charge is 2.27. The van der Waals surface area contributed by atoms with Crippen LogP contribution in [0.4, 0.5) is 0 Å². The lowest BCUT2D eigenvalue weighted by Crippen LogP contribution is -2.41. The second kappa shape index (κ2) is 10.6. The molecule has 0 bridgehead atoms. The number of hydrogen-bond donors (Lipinski definition) is 1. The first-order chi connectivity index (χ1) is 15.3. The molecule has 0 aromatic heterocycles. The molecular weight excluding hydrogens is 448 g/mol. The number of carbonyl (C=O) groups excluding carboxylic acids is 1. The Morgan fingerprint density at radius 3 is 2.22 bits per heavy atom. The Morgan fingerprint density at radius 1 is 1.00 bits per heavy atom. The molecule has 32 heavy (non-hydrogen) atoms. The second-order valence-electron chi connectivity index (χ2n) is 7.27. The largest absolute Gasteiger partial charge is 0.497 e. The maximum absolute atomic E-state index is 13.3. The normalized spacial score (nSPS) is 12.4. The highest BCUT2D eigenvalue weighted by molar-refractivity contribution is 7.89. The minimum absolute atomic E-state index is 0.0656. The fourth-order valence-corrected chi connectivity index (χ4v) is 4.70. The van der Waals surface area contributed by atoms with Gasteiger partial charge in [-0.3, -0.25) is 4.79 Å². The minimum atomic E-state index is -3.92. The molecule has 0 saturated carbocycles. The van der Waals surface area contributed by atoms with Gasteiger partial charge >= 0.3 is 0 Å². The molecule has 0 spiro atoms. The number of ether oxygens (including phenoxy) is 1. The molecule has 0 radical (unpaired) electrons. The van der Waals surface area contributed by atoms with Crippen molar-refractivity contribution in [3.8, 4) is 5.75 Å². The van der Waals surface area contributed by atoms with E-state index in [1.165, 1.54) is 28.6 Å². The zero-order valence-corrected chi connectivity index (χ0v) is 19.4. The first kappa shape index (κ1) is 23.8. The fraction of sp³-hybridized carbons (Fsp3) is 0.208. The molecule has 3 aromatic carbocycles. The number of amides is 1. The smallest absolute Gasteiger partial charge is 0.243 e. The predicted molar refractivity (Wildman–Crippen MR) is 125 cm³/mol.